The maximum atomic E-state index is 13.8. The SMILES string of the molecule is OC(NC1CCC(C(F)(F)F)NC1)NC1CCCNC1Oc1ccccc1C1(C(F)(F)F)CCO1. The number of hydrogen-bond donors (Lipinski definition) is 5. The average molecular weight is 512 g/mol. The first-order chi connectivity index (χ1) is 16.5. The van der Waals surface area contributed by atoms with Crippen molar-refractivity contribution < 1.29 is 40.9 Å². The Kier molecular flexibility index (Phi) is 7.84. The zero-order valence-corrected chi connectivity index (χ0v) is 18.9. The highest BCUT2D eigenvalue weighted by Gasteiger charge is 2.62. The van der Waals surface area contributed by atoms with E-state index in [4.69, 9.17) is 9.47 Å². The van der Waals surface area contributed by atoms with Crippen molar-refractivity contribution in [2.45, 2.75) is 80.8 Å². The lowest BCUT2D eigenvalue weighted by Crippen LogP contribution is -2.62. The smallest absolute Gasteiger partial charge is 0.421 e. The number of aliphatic hydroxyl groups excluding tert-OH is 1. The number of aliphatic hydroxyl groups is 1. The van der Waals surface area contributed by atoms with E-state index in [-0.39, 0.29) is 49.8 Å². The molecule has 0 amide bonds. The molecule has 13 heteroatoms. The summed E-state index contributed by atoms with van der Waals surface area (Å²) < 4.78 is 91.0. The Bertz CT molecular complexity index is 843. The minimum absolute atomic E-state index is 0.00267. The van der Waals surface area contributed by atoms with Gasteiger partial charge < -0.3 is 19.9 Å². The molecule has 0 radical (unpaired) electrons. The fourth-order valence-corrected chi connectivity index (χ4v) is 4.84. The molecule has 35 heavy (non-hydrogen) atoms. The number of alkyl halides is 6. The normalized spacial score (nSPS) is 33.1. The summed E-state index contributed by atoms with van der Waals surface area (Å²) in [5.74, 6) is 0.0350. The van der Waals surface area contributed by atoms with Crippen molar-refractivity contribution in [2.75, 3.05) is 19.7 Å². The van der Waals surface area contributed by atoms with E-state index in [2.05, 4.69) is 21.3 Å². The number of hydrogen-bond acceptors (Lipinski definition) is 7. The molecule has 3 aliphatic rings. The molecule has 3 heterocycles. The van der Waals surface area contributed by atoms with Gasteiger partial charge in [0.2, 0.25) is 0 Å². The highest BCUT2D eigenvalue weighted by atomic mass is 19.4. The van der Waals surface area contributed by atoms with Crippen molar-refractivity contribution in [2.24, 2.45) is 0 Å². The summed E-state index contributed by atoms with van der Waals surface area (Å²) in [5, 5.41) is 21.8. The molecule has 198 valence electrons. The van der Waals surface area contributed by atoms with Gasteiger partial charge in [0, 0.05) is 24.6 Å². The summed E-state index contributed by atoms with van der Waals surface area (Å²) in [5.41, 5.74) is -2.51. The van der Waals surface area contributed by atoms with Crippen LogP contribution in [0.5, 0.6) is 5.75 Å². The second-order valence-corrected chi connectivity index (χ2v) is 9.17. The molecule has 0 bridgehead atoms. The van der Waals surface area contributed by atoms with E-state index >= 15 is 0 Å². The molecule has 3 aliphatic heterocycles. The maximum absolute atomic E-state index is 13.8. The molecule has 0 aliphatic carbocycles. The van der Waals surface area contributed by atoms with Gasteiger partial charge in [0.15, 0.2) is 18.2 Å². The molecule has 1 aromatic rings. The van der Waals surface area contributed by atoms with Crippen LogP contribution < -0.4 is 26.0 Å². The van der Waals surface area contributed by atoms with Crippen molar-refractivity contribution >= 4 is 0 Å². The third kappa shape index (κ3) is 5.86. The molecule has 3 saturated heterocycles. The van der Waals surface area contributed by atoms with Crippen molar-refractivity contribution in [1.82, 2.24) is 21.3 Å². The minimum Gasteiger partial charge on any atom is -0.473 e. The monoisotopic (exact) mass is 512 g/mol. The summed E-state index contributed by atoms with van der Waals surface area (Å²) in [4.78, 5) is 0. The standard InChI is InChI=1S/C22H30F6N4O3/c23-21(24,25)17-8-7-13(12-30-17)31-19(33)32-15-5-3-10-29-18(15)35-16-6-2-1-4-14(16)20(9-11-34-20)22(26,27)28/h1-2,4,6,13,15,17-19,29-33H,3,5,7-12H2. The zero-order valence-electron chi connectivity index (χ0n) is 18.9. The molecule has 7 nitrogen and oxygen atoms in total. The number of piperidine rings is 2. The Balaban J connectivity index is 1.38. The Hall–Kier alpha value is -1.64. The van der Waals surface area contributed by atoms with Crippen LogP contribution in [0.2, 0.25) is 0 Å². The van der Waals surface area contributed by atoms with E-state index in [0.29, 0.717) is 13.0 Å². The van der Waals surface area contributed by atoms with Gasteiger partial charge in [-0.15, -0.1) is 0 Å². The van der Waals surface area contributed by atoms with E-state index < -0.39 is 42.6 Å². The maximum Gasteiger partial charge on any atom is 0.421 e. The van der Waals surface area contributed by atoms with Crippen LogP contribution in [0.1, 0.15) is 37.7 Å². The van der Waals surface area contributed by atoms with Crippen molar-refractivity contribution in [1.29, 1.82) is 0 Å². The lowest BCUT2D eigenvalue weighted by molar-refractivity contribution is -0.334. The van der Waals surface area contributed by atoms with Gasteiger partial charge in [-0.25, -0.2) is 0 Å². The van der Waals surface area contributed by atoms with Crippen LogP contribution in [0.4, 0.5) is 26.3 Å². The fourth-order valence-electron chi connectivity index (χ4n) is 4.84. The van der Waals surface area contributed by atoms with Crippen LogP contribution in [-0.4, -0.2) is 67.9 Å². The molecule has 3 fully saturated rings. The second-order valence-electron chi connectivity index (χ2n) is 9.17. The van der Waals surface area contributed by atoms with Gasteiger partial charge in [-0.1, -0.05) is 18.2 Å². The van der Waals surface area contributed by atoms with Crippen LogP contribution in [0, 0.1) is 0 Å². The van der Waals surface area contributed by atoms with Gasteiger partial charge in [0.05, 0.1) is 12.6 Å². The van der Waals surface area contributed by atoms with Gasteiger partial charge in [-0.2, -0.15) is 26.3 Å². The van der Waals surface area contributed by atoms with Crippen LogP contribution in [0.25, 0.3) is 0 Å². The van der Waals surface area contributed by atoms with E-state index in [1.165, 1.54) is 18.2 Å². The predicted octanol–water partition coefficient (Wildman–Crippen LogP) is 2.46. The summed E-state index contributed by atoms with van der Waals surface area (Å²) in [6.07, 6.45) is -9.69. The van der Waals surface area contributed by atoms with Crippen LogP contribution >= 0.6 is 0 Å². The lowest BCUT2D eigenvalue weighted by atomic mass is 9.85. The Morgan fingerprint density at radius 2 is 1.80 bits per heavy atom. The highest BCUT2D eigenvalue weighted by Crippen LogP contribution is 2.52. The second kappa shape index (κ2) is 10.4. The van der Waals surface area contributed by atoms with E-state index in [9.17, 15) is 31.4 Å². The zero-order chi connectivity index (χ0) is 25.3. The summed E-state index contributed by atoms with van der Waals surface area (Å²) in [7, 11) is 0. The molecular formula is C22H30F6N4O3. The topological polar surface area (TPSA) is 86.8 Å². The molecule has 6 unspecified atom stereocenters. The Morgan fingerprint density at radius 1 is 1.06 bits per heavy atom. The number of benzene rings is 1. The van der Waals surface area contributed by atoms with Crippen LogP contribution in [0.15, 0.2) is 24.3 Å². The summed E-state index contributed by atoms with van der Waals surface area (Å²) in [6, 6.07) is 3.46. The van der Waals surface area contributed by atoms with Crippen molar-refractivity contribution in [3.63, 3.8) is 0 Å². The van der Waals surface area contributed by atoms with Gasteiger partial charge >= 0.3 is 12.4 Å². The average Bonchev–Trinajstić information content (AvgIpc) is 2.74. The molecule has 0 aromatic heterocycles. The summed E-state index contributed by atoms with van der Waals surface area (Å²) >= 11 is 0. The third-order valence-corrected chi connectivity index (χ3v) is 6.81. The Labute approximate surface area is 198 Å². The quantitative estimate of drug-likeness (QED) is 0.284. The number of ether oxygens (including phenoxy) is 2. The molecule has 0 spiro atoms. The Morgan fingerprint density at radius 3 is 2.40 bits per heavy atom. The number of halogens is 6. The molecule has 4 rings (SSSR count). The van der Waals surface area contributed by atoms with Crippen LogP contribution in [0.3, 0.4) is 0 Å². The predicted molar refractivity (Wildman–Crippen MR) is 113 cm³/mol. The largest absolute Gasteiger partial charge is 0.473 e. The third-order valence-electron chi connectivity index (χ3n) is 6.81. The number of para-hydroxylation sites is 1. The fraction of sp³-hybridized carbons (Fsp3) is 0.727. The molecule has 5 N–H and O–H groups in total. The highest BCUT2D eigenvalue weighted by molar-refractivity contribution is 5.40. The molecule has 1 aromatic carbocycles. The van der Waals surface area contributed by atoms with Gasteiger partial charge in [-0.05, 0) is 38.3 Å². The van der Waals surface area contributed by atoms with Crippen LogP contribution in [-0.2, 0) is 10.3 Å². The molecular weight excluding hydrogens is 482 g/mol. The van der Waals surface area contributed by atoms with Gasteiger partial charge in [-0.3, -0.25) is 16.0 Å². The van der Waals surface area contributed by atoms with E-state index in [0.717, 1.165) is 6.42 Å². The van der Waals surface area contributed by atoms with Gasteiger partial charge in [0.1, 0.15) is 11.8 Å². The first-order valence-corrected chi connectivity index (χ1v) is 11.7. The molecule has 0 saturated carbocycles. The molecule has 6 atom stereocenters. The summed E-state index contributed by atoms with van der Waals surface area (Å²) in [6.45, 7) is 0.608. The van der Waals surface area contributed by atoms with Crippen molar-refractivity contribution in [3.05, 3.63) is 29.8 Å². The van der Waals surface area contributed by atoms with Crippen molar-refractivity contribution in [3.8, 4) is 5.75 Å². The van der Waals surface area contributed by atoms with E-state index in [1.807, 2.05) is 0 Å². The number of rotatable bonds is 7. The first-order valence-electron chi connectivity index (χ1n) is 11.7. The first kappa shape index (κ1) is 26.4. The number of nitrogens with one attached hydrogen (secondary N) is 4. The van der Waals surface area contributed by atoms with Gasteiger partial charge in [0.25, 0.3) is 0 Å². The lowest BCUT2D eigenvalue weighted by Gasteiger charge is -2.44. The van der Waals surface area contributed by atoms with E-state index in [1.54, 1.807) is 6.07 Å². The minimum atomic E-state index is -4.61.